The van der Waals surface area contributed by atoms with Crippen LogP contribution in [0.2, 0.25) is 0 Å². The molecule has 1 amide bonds. The van der Waals surface area contributed by atoms with Crippen molar-refractivity contribution < 1.29 is 9.53 Å². The molecule has 18 heavy (non-hydrogen) atoms. The van der Waals surface area contributed by atoms with Crippen molar-refractivity contribution in [3.8, 4) is 0 Å². The van der Waals surface area contributed by atoms with Gasteiger partial charge >= 0.3 is 6.09 Å². The summed E-state index contributed by atoms with van der Waals surface area (Å²) in [4.78, 5) is 16.8. The highest BCUT2D eigenvalue weighted by Crippen LogP contribution is 2.52. The van der Waals surface area contributed by atoms with Crippen LogP contribution in [0.5, 0.6) is 0 Å². The Bertz CT molecular complexity index is 400. The highest BCUT2D eigenvalue weighted by atomic mass is 16.6. The molecule has 0 N–H and O–H groups in total. The van der Waals surface area contributed by atoms with E-state index in [1.165, 1.54) is 0 Å². The number of hydrogen-bond acceptors (Lipinski definition) is 2. The van der Waals surface area contributed by atoms with Crippen molar-refractivity contribution >= 4 is 6.09 Å². The minimum Gasteiger partial charge on any atom is -0.444 e. The van der Waals surface area contributed by atoms with Crippen LogP contribution in [0.15, 0.2) is 12.3 Å². The number of carbonyl (C=O) groups is 1. The molecule has 1 saturated heterocycles. The second-order valence-electron chi connectivity index (χ2n) is 6.48. The molecular weight excluding hydrogens is 228 g/mol. The zero-order chi connectivity index (χ0) is 13.4. The van der Waals surface area contributed by atoms with E-state index in [4.69, 9.17) is 11.3 Å². The minimum atomic E-state index is -0.416. The van der Waals surface area contributed by atoms with Crippen LogP contribution in [-0.2, 0) is 4.74 Å². The highest BCUT2D eigenvalue weighted by Gasteiger charge is 2.53. The summed E-state index contributed by atoms with van der Waals surface area (Å²) >= 11 is 0. The van der Waals surface area contributed by atoms with E-state index in [2.05, 4.69) is 4.85 Å². The molecule has 4 nitrogen and oxygen atoms in total. The molecule has 1 aliphatic heterocycles. The third-order valence-corrected chi connectivity index (χ3v) is 3.53. The van der Waals surface area contributed by atoms with Gasteiger partial charge in [0.2, 0.25) is 0 Å². The summed E-state index contributed by atoms with van der Waals surface area (Å²) in [6.45, 7) is 14.0. The van der Waals surface area contributed by atoms with Crippen LogP contribution in [-0.4, -0.2) is 29.7 Å². The Balaban J connectivity index is 1.74. The second kappa shape index (κ2) is 4.31. The Kier molecular flexibility index (Phi) is 3.10. The van der Waals surface area contributed by atoms with E-state index in [9.17, 15) is 4.79 Å². The SMILES string of the molecule is [C-]#[N+]C=CC1CC2(C1)CN(C(=O)OC(C)(C)C)C2. The fourth-order valence-corrected chi connectivity index (χ4v) is 2.83. The van der Waals surface area contributed by atoms with Gasteiger partial charge in [-0.3, -0.25) is 0 Å². The average Bonchev–Trinajstić information content (AvgIpc) is 2.09. The first-order valence-corrected chi connectivity index (χ1v) is 6.35. The molecule has 0 aromatic carbocycles. The van der Waals surface area contributed by atoms with Crippen LogP contribution in [0.3, 0.4) is 0 Å². The first-order valence-electron chi connectivity index (χ1n) is 6.35. The molecule has 1 spiro atoms. The summed E-state index contributed by atoms with van der Waals surface area (Å²) in [5, 5.41) is 0. The zero-order valence-corrected chi connectivity index (χ0v) is 11.3. The number of amides is 1. The molecule has 0 radical (unpaired) electrons. The van der Waals surface area contributed by atoms with Gasteiger partial charge in [-0.1, -0.05) is 6.08 Å². The van der Waals surface area contributed by atoms with Crippen LogP contribution in [0.25, 0.3) is 4.85 Å². The molecule has 1 heterocycles. The molecule has 2 rings (SSSR count). The summed E-state index contributed by atoms with van der Waals surface area (Å²) in [6, 6.07) is 0. The molecule has 0 unspecified atom stereocenters. The van der Waals surface area contributed by atoms with Gasteiger partial charge < -0.3 is 9.64 Å². The molecule has 0 aromatic rings. The standard InChI is InChI=1S/C14H20N2O2/c1-13(2,3)18-12(17)16-9-14(10-16)7-11(8-14)5-6-15-4/h5-6,11H,7-10H2,1-3H3. The zero-order valence-electron chi connectivity index (χ0n) is 11.3. The number of likely N-dealkylation sites (tertiary alicyclic amines) is 1. The fraction of sp³-hybridized carbons (Fsp3) is 0.714. The van der Waals surface area contributed by atoms with E-state index >= 15 is 0 Å². The van der Waals surface area contributed by atoms with Crippen molar-refractivity contribution in [3.05, 3.63) is 23.7 Å². The van der Waals surface area contributed by atoms with Crippen LogP contribution in [0.4, 0.5) is 4.79 Å². The quantitative estimate of drug-likeness (QED) is 0.668. The third-order valence-electron chi connectivity index (χ3n) is 3.53. The van der Waals surface area contributed by atoms with Crippen molar-refractivity contribution in [1.29, 1.82) is 0 Å². The monoisotopic (exact) mass is 248 g/mol. The van der Waals surface area contributed by atoms with Gasteiger partial charge in [0.1, 0.15) is 5.60 Å². The van der Waals surface area contributed by atoms with Crippen molar-refractivity contribution in [2.24, 2.45) is 11.3 Å². The number of nitrogens with zero attached hydrogens (tertiary/aromatic N) is 2. The Hall–Kier alpha value is -1.50. The third kappa shape index (κ3) is 2.66. The highest BCUT2D eigenvalue weighted by molar-refractivity contribution is 5.69. The number of rotatable bonds is 1. The molecule has 0 atom stereocenters. The molecule has 0 aromatic heterocycles. The predicted octanol–water partition coefficient (Wildman–Crippen LogP) is 3.07. The van der Waals surface area contributed by atoms with Gasteiger partial charge in [-0.15, -0.1) is 0 Å². The maximum atomic E-state index is 11.8. The molecule has 2 aliphatic rings. The fourth-order valence-electron chi connectivity index (χ4n) is 2.83. The van der Waals surface area contributed by atoms with Crippen molar-refractivity contribution in [2.45, 2.75) is 39.2 Å². The molecule has 1 saturated carbocycles. The first kappa shape index (κ1) is 12.9. The van der Waals surface area contributed by atoms with E-state index < -0.39 is 5.60 Å². The second-order valence-corrected chi connectivity index (χ2v) is 6.48. The molecule has 0 bridgehead atoms. The molecule has 98 valence electrons. The summed E-state index contributed by atoms with van der Waals surface area (Å²) in [6.07, 6.45) is 5.51. The maximum Gasteiger partial charge on any atom is 0.410 e. The van der Waals surface area contributed by atoms with Crippen molar-refractivity contribution in [3.63, 3.8) is 0 Å². The lowest BCUT2D eigenvalue weighted by atomic mass is 9.58. The van der Waals surface area contributed by atoms with Crippen LogP contribution >= 0.6 is 0 Å². The van der Waals surface area contributed by atoms with Crippen LogP contribution in [0, 0.1) is 17.9 Å². The van der Waals surface area contributed by atoms with Crippen molar-refractivity contribution in [2.75, 3.05) is 13.1 Å². The van der Waals surface area contributed by atoms with Crippen molar-refractivity contribution in [1.82, 2.24) is 4.90 Å². The Labute approximate surface area is 108 Å². The Morgan fingerprint density at radius 3 is 2.56 bits per heavy atom. The van der Waals surface area contributed by atoms with E-state index in [-0.39, 0.29) is 6.09 Å². The Morgan fingerprint density at radius 1 is 1.44 bits per heavy atom. The first-order chi connectivity index (χ1) is 8.34. The van der Waals surface area contributed by atoms with Gasteiger partial charge in [0.25, 0.3) is 0 Å². The number of allylic oxidation sites excluding steroid dienone is 1. The van der Waals surface area contributed by atoms with Gasteiger partial charge in [0.15, 0.2) is 6.20 Å². The van der Waals surface area contributed by atoms with E-state index in [0.29, 0.717) is 11.3 Å². The van der Waals surface area contributed by atoms with E-state index in [1.807, 2.05) is 26.8 Å². The summed E-state index contributed by atoms with van der Waals surface area (Å²) in [7, 11) is 0. The van der Waals surface area contributed by atoms with Crippen LogP contribution in [0.1, 0.15) is 33.6 Å². The van der Waals surface area contributed by atoms with Gasteiger partial charge in [-0.2, -0.15) is 0 Å². The molecule has 2 fully saturated rings. The largest absolute Gasteiger partial charge is 0.444 e. The van der Waals surface area contributed by atoms with Gasteiger partial charge in [-0.25, -0.2) is 9.64 Å². The average molecular weight is 248 g/mol. The number of carbonyl (C=O) groups excluding carboxylic acids is 1. The van der Waals surface area contributed by atoms with E-state index in [0.717, 1.165) is 25.9 Å². The van der Waals surface area contributed by atoms with Gasteiger partial charge in [0.05, 0.1) is 6.57 Å². The lowest BCUT2D eigenvalue weighted by Gasteiger charge is -2.58. The summed E-state index contributed by atoms with van der Waals surface area (Å²) in [5.74, 6) is 0.528. The molecule has 1 aliphatic carbocycles. The normalized spacial score (nSPS) is 22.4. The minimum absolute atomic E-state index is 0.201. The summed E-state index contributed by atoms with van der Waals surface area (Å²) < 4.78 is 5.33. The van der Waals surface area contributed by atoms with E-state index in [1.54, 1.807) is 11.1 Å². The van der Waals surface area contributed by atoms with Crippen LogP contribution < -0.4 is 0 Å². The number of hydrogen-bond donors (Lipinski definition) is 0. The van der Waals surface area contributed by atoms with Gasteiger partial charge in [-0.05, 0) is 39.5 Å². The lowest BCUT2D eigenvalue weighted by Crippen LogP contribution is -2.64. The lowest BCUT2D eigenvalue weighted by molar-refractivity contribution is -0.0850. The molecular formula is C14H20N2O2. The summed E-state index contributed by atoms with van der Waals surface area (Å²) in [5.41, 5.74) is -0.103. The maximum absolute atomic E-state index is 11.8. The van der Waals surface area contributed by atoms with Gasteiger partial charge in [0, 0.05) is 18.5 Å². The molecule has 4 heteroatoms. The number of ether oxygens (including phenoxy) is 1. The smallest absolute Gasteiger partial charge is 0.410 e. The Morgan fingerprint density at radius 2 is 2.06 bits per heavy atom. The topological polar surface area (TPSA) is 33.9 Å². The predicted molar refractivity (Wildman–Crippen MR) is 68.7 cm³/mol.